The Morgan fingerprint density at radius 3 is 2.00 bits per heavy atom. The van der Waals surface area contributed by atoms with E-state index in [0.29, 0.717) is 13.0 Å². The molecule has 5 nitrogen and oxygen atoms in total. The van der Waals surface area contributed by atoms with Crippen LogP contribution in [0.25, 0.3) is 0 Å². The van der Waals surface area contributed by atoms with Gasteiger partial charge in [0, 0.05) is 6.61 Å². The lowest BCUT2D eigenvalue weighted by Crippen LogP contribution is -2.48. The van der Waals surface area contributed by atoms with Crippen molar-refractivity contribution >= 4 is 11.8 Å². The minimum Gasteiger partial charge on any atom is -0.368 e. The molecule has 1 heterocycles. The number of amides is 2. The number of hydrogen-bond acceptors (Lipinski definition) is 3. The van der Waals surface area contributed by atoms with Crippen LogP contribution in [0, 0.1) is 0 Å². The molecule has 1 aliphatic heterocycles. The highest BCUT2D eigenvalue weighted by Crippen LogP contribution is 2.24. The van der Waals surface area contributed by atoms with Crippen molar-refractivity contribution in [1.29, 1.82) is 0 Å². The summed E-state index contributed by atoms with van der Waals surface area (Å²) in [5.41, 5.74) is 6.76. The molecule has 0 radical (unpaired) electrons. The van der Waals surface area contributed by atoms with Crippen LogP contribution >= 0.6 is 0 Å². The Morgan fingerprint density at radius 2 is 1.50 bits per heavy atom. The number of nitrogens with one attached hydrogen (secondary N) is 2. The van der Waals surface area contributed by atoms with Gasteiger partial charge in [-0.15, -0.1) is 0 Å². The van der Waals surface area contributed by atoms with Crippen LogP contribution in [0.15, 0.2) is 60.7 Å². The molecule has 2 aromatic rings. The van der Waals surface area contributed by atoms with Crippen LogP contribution < -0.4 is 10.9 Å². The molecule has 2 N–H and O–H groups in total. The van der Waals surface area contributed by atoms with Gasteiger partial charge in [0.1, 0.15) is 6.10 Å². The summed E-state index contributed by atoms with van der Waals surface area (Å²) in [5, 5.41) is 0. The minimum absolute atomic E-state index is 0.279. The third kappa shape index (κ3) is 3.81. The van der Waals surface area contributed by atoms with Crippen LogP contribution in [0.2, 0.25) is 0 Å². The fourth-order valence-corrected chi connectivity index (χ4v) is 2.85. The van der Waals surface area contributed by atoms with Crippen molar-refractivity contribution in [2.24, 2.45) is 0 Å². The molecule has 1 aliphatic rings. The maximum Gasteiger partial charge on any atom is 0.267 e. The van der Waals surface area contributed by atoms with Gasteiger partial charge in [-0.2, -0.15) is 0 Å². The van der Waals surface area contributed by atoms with Crippen molar-refractivity contribution in [3.63, 3.8) is 0 Å². The Morgan fingerprint density at radius 1 is 0.917 bits per heavy atom. The molecule has 0 saturated carbocycles. The maximum absolute atomic E-state index is 12.7. The molecule has 5 heteroatoms. The standard InChI is InChI=1S/C19H20N2O3/c22-18(16-12-7-13-24-16)20-21-19(23)17(14-8-3-1-4-9-14)15-10-5-2-6-11-15/h1-6,8-11,16-17H,7,12-13H2,(H,20,22)(H,21,23). The van der Waals surface area contributed by atoms with Crippen LogP contribution in [0.1, 0.15) is 29.9 Å². The third-order valence-corrected chi connectivity index (χ3v) is 4.06. The molecule has 1 saturated heterocycles. The summed E-state index contributed by atoms with van der Waals surface area (Å²) in [6.45, 7) is 0.586. The molecule has 0 aliphatic carbocycles. The van der Waals surface area contributed by atoms with E-state index in [0.717, 1.165) is 17.5 Å². The minimum atomic E-state index is -0.489. The molecule has 124 valence electrons. The van der Waals surface area contributed by atoms with Gasteiger partial charge in [-0.05, 0) is 24.0 Å². The number of ether oxygens (including phenoxy) is 1. The summed E-state index contributed by atoms with van der Waals surface area (Å²) in [5.74, 6) is -1.07. The number of carbonyl (C=O) groups is 2. The smallest absolute Gasteiger partial charge is 0.267 e. The van der Waals surface area contributed by atoms with Crippen molar-refractivity contribution in [3.05, 3.63) is 71.8 Å². The summed E-state index contributed by atoms with van der Waals surface area (Å²) in [7, 11) is 0. The number of hydrogen-bond donors (Lipinski definition) is 2. The Labute approximate surface area is 141 Å². The molecule has 0 aromatic heterocycles. The summed E-state index contributed by atoms with van der Waals surface area (Å²) in [4.78, 5) is 24.7. The van der Waals surface area contributed by atoms with Gasteiger partial charge in [0.15, 0.2) is 0 Å². The topological polar surface area (TPSA) is 67.4 Å². The highest BCUT2D eigenvalue weighted by molar-refractivity contribution is 5.90. The second-order valence-corrected chi connectivity index (χ2v) is 5.73. The fourth-order valence-electron chi connectivity index (χ4n) is 2.85. The molecule has 0 bridgehead atoms. The second-order valence-electron chi connectivity index (χ2n) is 5.73. The van der Waals surface area contributed by atoms with E-state index in [4.69, 9.17) is 4.74 Å². The fraction of sp³-hybridized carbons (Fsp3) is 0.263. The predicted molar refractivity (Wildman–Crippen MR) is 90.0 cm³/mol. The summed E-state index contributed by atoms with van der Waals surface area (Å²) in [6, 6.07) is 19.0. The van der Waals surface area contributed by atoms with Gasteiger partial charge in [-0.3, -0.25) is 20.4 Å². The van der Waals surface area contributed by atoms with Crippen molar-refractivity contribution in [1.82, 2.24) is 10.9 Å². The van der Waals surface area contributed by atoms with Crippen molar-refractivity contribution in [2.45, 2.75) is 24.9 Å². The summed E-state index contributed by atoms with van der Waals surface area (Å²) < 4.78 is 5.31. The second kappa shape index (κ2) is 7.75. The van der Waals surface area contributed by atoms with E-state index in [2.05, 4.69) is 10.9 Å². The first kappa shape index (κ1) is 16.2. The highest BCUT2D eigenvalue weighted by atomic mass is 16.5. The zero-order chi connectivity index (χ0) is 16.8. The number of hydrazine groups is 1. The van der Waals surface area contributed by atoms with Crippen LogP contribution in [0.4, 0.5) is 0 Å². The van der Waals surface area contributed by atoms with Gasteiger partial charge < -0.3 is 4.74 Å². The third-order valence-electron chi connectivity index (χ3n) is 4.06. The predicted octanol–water partition coefficient (Wildman–Crippen LogP) is 2.14. The van der Waals surface area contributed by atoms with Crippen molar-refractivity contribution in [2.75, 3.05) is 6.61 Å². The largest absolute Gasteiger partial charge is 0.368 e. The molecule has 1 atom stereocenters. The maximum atomic E-state index is 12.7. The molecular formula is C19H20N2O3. The molecule has 2 aromatic carbocycles. The zero-order valence-electron chi connectivity index (χ0n) is 13.3. The normalized spacial score (nSPS) is 16.8. The first-order chi connectivity index (χ1) is 11.8. The number of benzene rings is 2. The van der Waals surface area contributed by atoms with Crippen molar-refractivity contribution < 1.29 is 14.3 Å². The highest BCUT2D eigenvalue weighted by Gasteiger charge is 2.26. The molecule has 2 amide bonds. The molecule has 3 rings (SSSR count). The van der Waals surface area contributed by atoms with Gasteiger partial charge in [0.25, 0.3) is 5.91 Å². The first-order valence-corrected chi connectivity index (χ1v) is 8.07. The molecule has 1 unspecified atom stereocenters. The van der Waals surface area contributed by atoms with E-state index in [-0.39, 0.29) is 11.8 Å². The van der Waals surface area contributed by atoms with Gasteiger partial charge >= 0.3 is 0 Å². The van der Waals surface area contributed by atoms with Gasteiger partial charge in [-0.25, -0.2) is 0 Å². The summed E-state index contributed by atoms with van der Waals surface area (Å²) in [6.07, 6.45) is 1.07. The Bertz CT molecular complexity index is 643. The zero-order valence-corrected chi connectivity index (χ0v) is 13.3. The van der Waals surface area contributed by atoms with E-state index in [1.165, 1.54) is 0 Å². The quantitative estimate of drug-likeness (QED) is 0.847. The SMILES string of the molecule is O=C(NNC(=O)C(c1ccccc1)c1ccccc1)C1CCCO1. The van der Waals surface area contributed by atoms with E-state index < -0.39 is 12.0 Å². The van der Waals surface area contributed by atoms with E-state index in [9.17, 15) is 9.59 Å². The molecule has 1 fully saturated rings. The van der Waals surface area contributed by atoms with Gasteiger partial charge in [0.2, 0.25) is 5.91 Å². The van der Waals surface area contributed by atoms with Gasteiger partial charge in [-0.1, -0.05) is 60.7 Å². The summed E-state index contributed by atoms with van der Waals surface area (Å²) >= 11 is 0. The van der Waals surface area contributed by atoms with E-state index in [1.807, 2.05) is 60.7 Å². The van der Waals surface area contributed by atoms with Crippen LogP contribution in [0.5, 0.6) is 0 Å². The Balaban J connectivity index is 1.73. The lowest BCUT2D eigenvalue weighted by molar-refractivity contribution is -0.135. The number of rotatable bonds is 4. The number of carbonyl (C=O) groups excluding carboxylic acids is 2. The van der Waals surface area contributed by atoms with E-state index in [1.54, 1.807) is 0 Å². The Kier molecular flexibility index (Phi) is 5.23. The van der Waals surface area contributed by atoms with Crippen LogP contribution in [-0.2, 0) is 14.3 Å². The van der Waals surface area contributed by atoms with E-state index >= 15 is 0 Å². The molecule has 0 spiro atoms. The molecule has 24 heavy (non-hydrogen) atoms. The average Bonchev–Trinajstić information content (AvgIpc) is 3.16. The monoisotopic (exact) mass is 324 g/mol. The molecular weight excluding hydrogens is 304 g/mol. The lowest BCUT2D eigenvalue weighted by atomic mass is 9.91. The van der Waals surface area contributed by atoms with Gasteiger partial charge in [0.05, 0.1) is 5.92 Å². The average molecular weight is 324 g/mol. The Hall–Kier alpha value is -2.66. The van der Waals surface area contributed by atoms with Crippen molar-refractivity contribution in [3.8, 4) is 0 Å². The van der Waals surface area contributed by atoms with Crippen LogP contribution in [-0.4, -0.2) is 24.5 Å². The lowest BCUT2D eigenvalue weighted by Gasteiger charge is -2.19. The van der Waals surface area contributed by atoms with Crippen LogP contribution in [0.3, 0.4) is 0 Å². The first-order valence-electron chi connectivity index (χ1n) is 8.07.